The number of nitrogens with zero attached hydrogens (tertiary/aromatic N) is 4. The second-order valence-corrected chi connectivity index (χ2v) is 8.16. The van der Waals surface area contributed by atoms with Crippen LogP contribution < -0.4 is 5.32 Å². The molecular formula is C22H29N5O3. The number of aromatic nitrogens is 3. The average molecular weight is 412 g/mol. The molecule has 0 aliphatic carbocycles. The van der Waals surface area contributed by atoms with Gasteiger partial charge in [-0.1, -0.05) is 6.07 Å². The SMILES string of the molecule is Cc1ncc([C@H](CC(=O)O)N2CC(COCCc3ccc4c(n3)NCCC4)C2)cn1. The Morgan fingerprint density at radius 2 is 2.13 bits per heavy atom. The maximum Gasteiger partial charge on any atom is 0.305 e. The lowest BCUT2D eigenvalue weighted by Gasteiger charge is -2.43. The molecule has 0 spiro atoms. The van der Waals surface area contributed by atoms with Crippen molar-refractivity contribution in [3.8, 4) is 0 Å². The van der Waals surface area contributed by atoms with Crippen molar-refractivity contribution in [1.82, 2.24) is 19.9 Å². The first-order chi connectivity index (χ1) is 14.6. The molecule has 2 aromatic heterocycles. The second-order valence-electron chi connectivity index (χ2n) is 8.16. The van der Waals surface area contributed by atoms with E-state index in [1.807, 2.05) is 6.92 Å². The van der Waals surface area contributed by atoms with Gasteiger partial charge in [-0.2, -0.15) is 0 Å². The summed E-state index contributed by atoms with van der Waals surface area (Å²) in [5.41, 5.74) is 3.21. The summed E-state index contributed by atoms with van der Waals surface area (Å²) in [5.74, 6) is 1.32. The van der Waals surface area contributed by atoms with E-state index in [1.54, 1.807) is 12.4 Å². The van der Waals surface area contributed by atoms with E-state index in [4.69, 9.17) is 9.72 Å². The minimum atomic E-state index is -0.813. The van der Waals surface area contributed by atoms with Crippen LogP contribution in [0.4, 0.5) is 5.82 Å². The third-order valence-corrected chi connectivity index (χ3v) is 5.79. The van der Waals surface area contributed by atoms with Crippen LogP contribution in [0.15, 0.2) is 24.5 Å². The molecule has 8 heteroatoms. The molecule has 0 bridgehead atoms. The second kappa shape index (κ2) is 9.49. The standard InChI is InChI=1S/C22H29N5O3/c1-15-24-10-18(11-25-15)20(9-21(28)29)27-12-16(13-27)14-30-8-6-19-5-4-17-3-2-7-23-22(17)26-19/h4-5,10-11,16,20H,2-3,6-9,12-14H2,1H3,(H,23,26)(H,28,29)/t20-/m0/s1. The highest BCUT2D eigenvalue weighted by Crippen LogP contribution is 2.31. The van der Waals surface area contributed by atoms with Crippen molar-refractivity contribution in [3.63, 3.8) is 0 Å². The van der Waals surface area contributed by atoms with Crippen molar-refractivity contribution in [2.75, 3.05) is 38.2 Å². The molecule has 2 aliphatic heterocycles. The summed E-state index contributed by atoms with van der Waals surface area (Å²) in [6.45, 7) is 5.80. The molecule has 30 heavy (non-hydrogen) atoms. The zero-order chi connectivity index (χ0) is 20.9. The van der Waals surface area contributed by atoms with Crippen molar-refractivity contribution in [3.05, 3.63) is 47.2 Å². The molecule has 160 valence electrons. The third kappa shape index (κ3) is 5.12. The first-order valence-electron chi connectivity index (χ1n) is 10.6. The largest absolute Gasteiger partial charge is 0.481 e. The lowest BCUT2D eigenvalue weighted by Crippen LogP contribution is -2.50. The first kappa shape index (κ1) is 20.7. The van der Waals surface area contributed by atoms with Crippen molar-refractivity contribution in [1.29, 1.82) is 0 Å². The molecule has 4 heterocycles. The number of aryl methyl sites for hydroxylation is 2. The van der Waals surface area contributed by atoms with Gasteiger partial charge >= 0.3 is 5.97 Å². The third-order valence-electron chi connectivity index (χ3n) is 5.79. The Labute approximate surface area is 176 Å². The van der Waals surface area contributed by atoms with E-state index in [9.17, 15) is 9.90 Å². The van der Waals surface area contributed by atoms with Crippen LogP contribution >= 0.6 is 0 Å². The summed E-state index contributed by atoms with van der Waals surface area (Å²) in [7, 11) is 0. The average Bonchev–Trinajstić information content (AvgIpc) is 2.71. The van der Waals surface area contributed by atoms with Crippen LogP contribution in [0.3, 0.4) is 0 Å². The van der Waals surface area contributed by atoms with Crippen LogP contribution in [-0.2, 0) is 22.4 Å². The first-order valence-corrected chi connectivity index (χ1v) is 10.6. The molecule has 1 atom stereocenters. The van der Waals surface area contributed by atoms with E-state index in [0.29, 0.717) is 25.0 Å². The number of hydrogen-bond donors (Lipinski definition) is 2. The fraction of sp³-hybridized carbons (Fsp3) is 0.545. The molecule has 4 rings (SSSR count). The topological polar surface area (TPSA) is 100 Å². The lowest BCUT2D eigenvalue weighted by molar-refractivity contribution is -0.139. The number of carbonyl (C=O) groups is 1. The summed E-state index contributed by atoms with van der Waals surface area (Å²) in [5, 5.41) is 12.7. The Morgan fingerprint density at radius 3 is 2.90 bits per heavy atom. The van der Waals surface area contributed by atoms with Gasteiger partial charge in [0, 0.05) is 61.7 Å². The predicted octanol–water partition coefficient (Wildman–Crippen LogP) is 2.25. The van der Waals surface area contributed by atoms with E-state index in [-0.39, 0.29) is 12.5 Å². The zero-order valence-electron chi connectivity index (χ0n) is 17.4. The minimum absolute atomic E-state index is 0.0536. The summed E-state index contributed by atoms with van der Waals surface area (Å²) < 4.78 is 5.89. The van der Waals surface area contributed by atoms with E-state index >= 15 is 0 Å². The Balaban J connectivity index is 1.21. The fourth-order valence-corrected chi connectivity index (χ4v) is 4.10. The van der Waals surface area contributed by atoms with E-state index in [0.717, 1.165) is 49.6 Å². The number of anilines is 1. The smallest absolute Gasteiger partial charge is 0.305 e. The van der Waals surface area contributed by atoms with Crippen LogP contribution in [0.5, 0.6) is 0 Å². The van der Waals surface area contributed by atoms with Crippen LogP contribution in [0.1, 0.15) is 41.5 Å². The van der Waals surface area contributed by atoms with Gasteiger partial charge in [-0.3, -0.25) is 9.69 Å². The number of carboxylic acids is 1. The Bertz CT molecular complexity index is 868. The van der Waals surface area contributed by atoms with Gasteiger partial charge in [0.25, 0.3) is 0 Å². The molecule has 0 unspecified atom stereocenters. The Morgan fingerprint density at radius 1 is 1.33 bits per heavy atom. The quantitative estimate of drug-likeness (QED) is 0.606. The molecule has 2 N–H and O–H groups in total. The number of aliphatic carboxylic acids is 1. The predicted molar refractivity (Wildman–Crippen MR) is 112 cm³/mol. The maximum absolute atomic E-state index is 11.3. The van der Waals surface area contributed by atoms with Crippen LogP contribution in [0.2, 0.25) is 0 Å². The summed E-state index contributed by atoms with van der Waals surface area (Å²) in [4.78, 5) is 26.6. The number of ether oxygens (including phenoxy) is 1. The Kier molecular flexibility index (Phi) is 6.54. The molecule has 0 amide bonds. The molecule has 0 radical (unpaired) electrons. The zero-order valence-corrected chi connectivity index (χ0v) is 17.4. The molecule has 8 nitrogen and oxygen atoms in total. The summed E-state index contributed by atoms with van der Waals surface area (Å²) >= 11 is 0. The molecule has 0 saturated carbocycles. The van der Waals surface area contributed by atoms with Crippen molar-refractivity contribution in [2.45, 2.75) is 38.6 Å². The fourth-order valence-electron chi connectivity index (χ4n) is 4.10. The van der Waals surface area contributed by atoms with Gasteiger partial charge in [-0.15, -0.1) is 0 Å². The highest BCUT2D eigenvalue weighted by Gasteiger charge is 2.34. The summed E-state index contributed by atoms with van der Waals surface area (Å²) in [6.07, 6.45) is 6.59. The monoisotopic (exact) mass is 411 g/mol. The number of nitrogens with one attached hydrogen (secondary N) is 1. The highest BCUT2D eigenvalue weighted by molar-refractivity contribution is 5.67. The molecule has 1 fully saturated rings. The number of likely N-dealkylation sites (tertiary alicyclic amines) is 1. The van der Waals surface area contributed by atoms with E-state index in [1.165, 1.54) is 12.0 Å². The van der Waals surface area contributed by atoms with Crippen LogP contribution in [0, 0.1) is 12.8 Å². The lowest BCUT2D eigenvalue weighted by atomic mass is 9.94. The number of rotatable bonds is 9. The number of carboxylic acid groups (broad SMARTS) is 1. The van der Waals surface area contributed by atoms with Crippen LogP contribution in [0.25, 0.3) is 0 Å². The van der Waals surface area contributed by atoms with E-state index < -0.39 is 5.97 Å². The molecule has 2 aliphatic rings. The molecular weight excluding hydrogens is 382 g/mol. The van der Waals surface area contributed by atoms with E-state index in [2.05, 4.69) is 32.3 Å². The normalized spacial score (nSPS) is 17.6. The van der Waals surface area contributed by atoms with Crippen LogP contribution in [-0.4, -0.2) is 63.8 Å². The van der Waals surface area contributed by atoms with Gasteiger partial charge in [0.2, 0.25) is 0 Å². The minimum Gasteiger partial charge on any atom is -0.481 e. The number of hydrogen-bond acceptors (Lipinski definition) is 7. The maximum atomic E-state index is 11.3. The summed E-state index contributed by atoms with van der Waals surface area (Å²) in [6, 6.07) is 4.08. The highest BCUT2D eigenvalue weighted by atomic mass is 16.5. The Hall–Kier alpha value is -2.58. The van der Waals surface area contributed by atoms with Gasteiger partial charge in [-0.25, -0.2) is 15.0 Å². The van der Waals surface area contributed by atoms with Gasteiger partial charge in [0.15, 0.2) is 0 Å². The van der Waals surface area contributed by atoms with Gasteiger partial charge < -0.3 is 15.2 Å². The van der Waals surface area contributed by atoms with Crippen molar-refractivity contribution in [2.24, 2.45) is 5.92 Å². The number of pyridine rings is 1. The molecule has 1 saturated heterocycles. The van der Waals surface area contributed by atoms with Crippen molar-refractivity contribution >= 4 is 11.8 Å². The molecule has 2 aromatic rings. The molecule has 0 aromatic carbocycles. The van der Waals surface area contributed by atoms with Crippen molar-refractivity contribution < 1.29 is 14.6 Å². The van der Waals surface area contributed by atoms with Gasteiger partial charge in [-0.05, 0) is 31.4 Å². The number of fused-ring (bicyclic) bond motifs is 1. The van der Waals surface area contributed by atoms with Gasteiger partial charge in [0.05, 0.1) is 19.6 Å². The van der Waals surface area contributed by atoms with Gasteiger partial charge in [0.1, 0.15) is 11.6 Å².